The zero-order valence-electron chi connectivity index (χ0n) is 11.1. The largest absolute Gasteiger partial charge is 0.380 e. The standard InChI is InChI=1S/C13H19N5O/c1-19-11-8-12(13-15-2-3-16-13)18(9-11)7-6-17-5-4-14-10-17/h2-5,10-12H,6-9H2,1H3,(H,15,16)/t11-,12?/m1/s1. The molecule has 1 aliphatic rings. The Labute approximate surface area is 112 Å². The molecular formula is C13H19N5O. The molecule has 102 valence electrons. The predicted molar refractivity (Wildman–Crippen MR) is 70.5 cm³/mol. The normalized spacial score (nSPS) is 24.1. The van der Waals surface area contributed by atoms with E-state index in [4.69, 9.17) is 4.74 Å². The lowest BCUT2D eigenvalue weighted by Crippen LogP contribution is -2.29. The van der Waals surface area contributed by atoms with Crippen molar-refractivity contribution in [2.24, 2.45) is 0 Å². The Hall–Kier alpha value is -1.66. The van der Waals surface area contributed by atoms with Gasteiger partial charge >= 0.3 is 0 Å². The van der Waals surface area contributed by atoms with Crippen LogP contribution in [0.2, 0.25) is 0 Å². The number of hydrogen-bond donors (Lipinski definition) is 1. The van der Waals surface area contributed by atoms with Crippen LogP contribution in [-0.4, -0.2) is 50.7 Å². The molecular weight excluding hydrogens is 242 g/mol. The molecule has 0 spiro atoms. The molecule has 0 aromatic carbocycles. The van der Waals surface area contributed by atoms with Gasteiger partial charge in [-0.15, -0.1) is 0 Å². The lowest BCUT2D eigenvalue weighted by atomic mass is 10.2. The van der Waals surface area contributed by atoms with Gasteiger partial charge in [0.2, 0.25) is 0 Å². The van der Waals surface area contributed by atoms with Gasteiger partial charge in [-0.1, -0.05) is 0 Å². The van der Waals surface area contributed by atoms with Crippen LogP contribution in [0.1, 0.15) is 18.3 Å². The van der Waals surface area contributed by atoms with E-state index in [2.05, 4.69) is 24.4 Å². The van der Waals surface area contributed by atoms with Crippen LogP contribution in [0.4, 0.5) is 0 Å². The van der Waals surface area contributed by atoms with Crippen LogP contribution in [0.25, 0.3) is 0 Å². The number of nitrogens with one attached hydrogen (secondary N) is 1. The highest BCUT2D eigenvalue weighted by molar-refractivity contribution is 5.01. The van der Waals surface area contributed by atoms with Crippen molar-refractivity contribution in [2.75, 3.05) is 20.2 Å². The van der Waals surface area contributed by atoms with Crippen LogP contribution < -0.4 is 0 Å². The van der Waals surface area contributed by atoms with Crippen LogP contribution in [0.15, 0.2) is 31.1 Å². The van der Waals surface area contributed by atoms with Gasteiger partial charge in [-0.2, -0.15) is 0 Å². The molecule has 2 atom stereocenters. The molecule has 3 rings (SSSR count). The second kappa shape index (κ2) is 5.54. The molecule has 0 aliphatic carbocycles. The van der Waals surface area contributed by atoms with Gasteiger partial charge in [-0.3, -0.25) is 4.90 Å². The SMILES string of the molecule is CO[C@@H]1CC(c2ncc[nH]2)N(CCn2ccnc2)C1. The summed E-state index contributed by atoms with van der Waals surface area (Å²) >= 11 is 0. The zero-order chi connectivity index (χ0) is 13.1. The number of H-pyrrole nitrogens is 1. The summed E-state index contributed by atoms with van der Waals surface area (Å²) in [4.78, 5) is 14.1. The summed E-state index contributed by atoms with van der Waals surface area (Å²) in [5, 5.41) is 0. The summed E-state index contributed by atoms with van der Waals surface area (Å²) in [5.74, 6) is 1.03. The summed E-state index contributed by atoms with van der Waals surface area (Å²) in [6.07, 6.45) is 10.6. The van der Waals surface area contributed by atoms with Gasteiger partial charge in [0.15, 0.2) is 0 Å². The number of nitrogens with zero attached hydrogens (tertiary/aromatic N) is 4. The molecule has 0 saturated carbocycles. The number of methoxy groups -OCH3 is 1. The maximum atomic E-state index is 5.50. The zero-order valence-corrected chi connectivity index (χ0v) is 11.1. The molecule has 0 amide bonds. The first-order valence-corrected chi connectivity index (χ1v) is 6.58. The van der Waals surface area contributed by atoms with Crippen molar-refractivity contribution in [3.05, 3.63) is 36.9 Å². The van der Waals surface area contributed by atoms with E-state index in [1.54, 1.807) is 7.11 Å². The summed E-state index contributed by atoms with van der Waals surface area (Å²) in [6.45, 7) is 2.87. The van der Waals surface area contributed by atoms with E-state index in [0.717, 1.165) is 31.9 Å². The Kier molecular flexibility index (Phi) is 3.61. The van der Waals surface area contributed by atoms with E-state index in [1.165, 1.54) is 0 Å². The Morgan fingerprint density at radius 1 is 1.42 bits per heavy atom. The van der Waals surface area contributed by atoms with Gasteiger partial charge in [0, 0.05) is 51.5 Å². The second-order valence-electron chi connectivity index (χ2n) is 4.88. The van der Waals surface area contributed by atoms with Crippen molar-refractivity contribution in [3.63, 3.8) is 0 Å². The molecule has 6 heteroatoms. The first kappa shape index (κ1) is 12.4. The highest BCUT2D eigenvalue weighted by atomic mass is 16.5. The van der Waals surface area contributed by atoms with Gasteiger partial charge in [-0.25, -0.2) is 9.97 Å². The molecule has 3 heterocycles. The van der Waals surface area contributed by atoms with E-state index in [-0.39, 0.29) is 6.10 Å². The molecule has 2 aromatic rings. The first-order valence-electron chi connectivity index (χ1n) is 6.58. The van der Waals surface area contributed by atoms with E-state index in [9.17, 15) is 0 Å². The molecule has 6 nitrogen and oxygen atoms in total. The predicted octanol–water partition coefficient (Wildman–Crippen LogP) is 1.07. The Balaban J connectivity index is 1.67. The third-order valence-corrected chi connectivity index (χ3v) is 3.74. The van der Waals surface area contributed by atoms with Gasteiger partial charge in [0.1, 0.15) is 5.82 Å². The lowest BCUT2D eigenvalue weighted by molar-refractivity contribution is 0.107. The molecule has 1 aliphatic heterocycles. The lowest BCUT2D eigenvalue weighted by Gasteiger charge is -2.22. The van der Waals surface area contributed by atoms with Crippen molar-refractivity contribution in [1.82, 2.24) is 24.4 Å². The fourth-order valence-electron chi connectivity index (χ4n) is 2.69. The number of rotatable bonds is 5. The molecule has 1 saturated heterocycles. The minimum Gasteiger partial charge on any atom is -0.380 e. The van der Waals surface area contributed by atoms with E-state index in [1.807, 2.05) is 31.1 Å². The summed E-state index contributed by atoms with van der Waals surface area (Å²) in [5.41, 5.74) is 0. The number of aromatic amines is 1. The number of imidazole rings is 2. The first-order chi connectivity index (χ1) is 9.36. The average Bonchev–Trinajstić information content (AvgIpc) is 3.16. The maximum absolute atomic E-state index is 5.50. The molecule has 19 heavy (non-hydrogen) atoms. The van der Waals surface area contributed by atoms with E-state index >= 15 is 0 Å². The topological polar surface area (TPSA) is 59.0 Å². The Morgan fingerprint density at radius 3 is 3.05 bits per heavy atom. The molecule has 2 aromatic heterocycles. The number of hydrogen-bond acceptors (Lipinski definition) is 4. The smallest absolute Gasteiger partial charge is 0.123 e. The molecule has 1 unspecified atom stereocenters. The maximum Gasteiger partial charge on any atom is 0.123 e. The van der Waals surface area contributed by atoms with Crippen molar-refractivity contribution in [2.45, 2.75) is 25.1 Å². The van der Waals surface area contributed by atoms with E-state index < -0.39 is 0 Å². The molecule has 1 N–H and O–H groups in total. The van der Waals surface area contributed by atoms with Gasteiger partial charge in [0.25, 0.3) is 0 Å². The molecule has 0 bridgehead atoms. The third kappa shape index (κ3) is 2.69. The van der Waals surface area contributed by atoms with Crippen LogP contribution in [0, 0.1) is 0 Å². The second-order valence-corrected chi connectivity index (χ2v) is 4.88. The summed E-state index contributed by atoms with van der Waals surface area (Å²) in [7, 11) is 1.78. The highest BCUT2D eigenvalue weighted by Crippen LogP contribution is 2.30. The van der Waals surface area contributed by atoms with Crippen molar-refractivity contribution < 1.29 is 4.74 Å². The van der Waals surface area contributed by atoms with Crippen molar-refractivity contribution in [3.8, 4) is 0 Å². The van der Waals surface area contributed by atoms with Crippen LogP contribution in [0.5, 0.6) is 0 Å². The molecule has 1 fully saturated rings. The Morgan fingerprint density at radius 2 is 2.37 bits per heavy atom. The van der Waals surface area contributed by atoms with Crippen molar-refractivity contribution in [1.29, 1.82) is 0 Å². The minimum absolute atomic E-state index is 0.290. The fourth-order valence-corrected chi connectivity index (χ4v) is 2.69. The van der Waals surface area contributed by atoms with Crippen LogP contribution in [0.3, 0.4) is 0 Å². The quantitative estimate of drug-likeness (QED) is 0.874. The summed E-state index contributed by atoms with van der Waals surface area (Å²) < 4.78 is 7.60. The number of aromatic nitrogens is 4. The van der Waals surface area contributed by atoms with Crippen LogP contribution in [-0.2, 0) is 11.3 Å². The van der Waals surface area contributed by atoms with Crippen molar-refractivity contribution >= 4 is 0 Å². The highest BCUT2D eigenvalue weighted by Gasteiger charge is 2.34. The minimum atomic E-state index is 0.290. The Bertz CT molecular complexity index is 481. The molecule has 0 radical (unpaired) electrons. The van der Waals surface area contributed by atoms with Gasteiger partial charge in [-0.05, 0) is 6.42 Å². The van der Waals surface area contributed by atoms with Crippen LogP contribution >= 0.6 is 0 Å². The van der Waals surface area contributed by atoms with E-state index in [0.29, 0.717) is 6.04 Å². The monoisotopic (exact) mass is 261 g/mol. The fraction of sp³-hybridized carbons (Fsp3) is 0.538. The third-order valence-electron chi connectivity index (χ3n) is 3.74. The van der Waals surface area contributed by atoms with Gasteiger partial charge < -0.3 is 14.3 Å². The average molecular weight is 261 g/mol. The van der Waals surface area contributed by atoms with Gasteiger partial charge in [0.05, 0.1) is 18.5 Å². The number of likely N-dealkylation sites (tertiary alicyclic amines) is 1. The number of ether oxygens (including phenoxy) is 1. The summed E-state index contributed by atoms with van der Waals surface area (Å²) in [6, 6.07) is 0.323.